The molecule has 31 heavy (non-hydrogen) atoms. The summed E-state index contributed by atoms with van der Waals surface area (Å²) in [7, 11) is 0. The first-order valence-corrected chi connectivity index (χ1v) is 12.4. The molecular formula is C23H28N4O2S2. The van der Waals surface area contributed by atoms with Gasteiger partial charge in [-0.25, -0.2) is 0 Å². The van der Waals surface area contributed by atoms with Crippen LogP contribution >= 0.6 is 24.0 Å². The maximum Gasteiger partial charge on any atom is 0.270 e. The van der Waals surface area contributed by atoms with E-state index in [1.165, 1.54) is 18.2 Å². The molecular weight excluding hydrogens is 428 g/mol. The fourth-order valence-corrected chi connectivity index (χ4v) is 6.35. The summed E-state index contributed by atoms with van der Waals surface area (Å²) in [5.41, 5.74) is 1.33. The van der Waals surface area contributed by atoms with Crippen molar-refractivity contribution in [2.24, 2.45) is 0 Å². The van der Waals surface area contributed by atoms with Gasteiger partial charge in [0, 0.05) is 31.2 Å². The molecule has 0 atom stereocenters. The van der Waals surface area contributed by atoms with E-state index >= 15 is 0 Å². The van der Waals surface area contributed by atoms with Crippen LogP contribution in [0.25, 0.3) is 6.08 Å². The number of pyridine rings is 1. The Morgan fingerprint density at radius 2 is 1.84 bits per heavy atom. The molecule has 1 aromatic rings. The smallest absolute Gasteiger partial charge is 0.270 e. The van der Waals surface area contributed by atoms with Gasteiger partial charge in [-0.05, 0) is 51.2 Å². The molecule has 4 rings (SSSR count). The van der Waals surface area contributed by atoms with Crippen LogP contribution in [-0.4, -0.2) is 38.8 Å². The third kappa shape index (κ3) is 3.94. The number of rotatable bonds is 4. The van der Waals surface area contributed by atoms with Gasteiger partial charge in [0.05, 0.1) is 4.91 Å². The number of aromatic nitrogens is 1. The fraction of sp³-hybridized carbons (Fsp3) is 0.565. The minimum Gasteiger partial charge on any atom is -0.357 e. The highest BCUT2D eigenvalue weighted by atomic mass is 32.2. The molecule has 0 radical (unpaired) electrons. The van der Waals surface area contributed by atoms with E-state index in [1.807, 2.05) is 19.9 Å². The Balaban J connectivity index is 1.83. The minimum absolute atomic E-state index is 0.0403. The number of nitrogens with zero attached hydrogens (tertiary/aromatic N) is 4. The highest BCUT2D eigenvalue weighted by molar-refractivity contribution is 8.26. The van der Waals surface area contributed by atoms with Gasteiger partial charge in [0.1, 0.15) is 21.8 Å². The summed E-state index contributed by atoms with van der Waals surface area (Å²) < 4.78 is 2.30. The summed E-state index contributed by atoms with van der Waals surface area (Å²) in [6.07, 6.45) is 9.49. The van der Waals surface area contributed by atoms with Gasteiger partial charge in [0.15, 0.2) is 0 Å². The lowest BCUT2D eigenvalue weighted by atomic mass is 9.94. The highest BCUT2D eigenvalue weighted by Crippen LogP contribution is 2.39. The number of hydrogen-bond donors (Lipinski definition) is 0. The first-order chi connectivity index (χ1) is 15.0. The van der Waals surface area contributed by atoms with Gasteiger partial charge in [-0.2, -0.15) is 5.26 Å². The summed E-state index contributed by atoms with van der Waals surface area (Å²) in [4.78, 5) is 30.9. The molecule has 0 spiro atoms. The van der Waals surface area contributed by atoms with Gasteiger partial charge < -0.3 is 4.90 Å². The summed E-state index contributed by atoms with van der Waals surface area (Å²) in [6.45, 7) is 5.95. The standard InChI is InChI=1S/C23H28N4O2S2/c1-3-26-20(25-11-7-8-12-25)17(15(2)18(14-24)21(26)28)13-19-22(29)27(23(30)31-19)16-9-5-4-6-10-16/h13,16H,3-12H2,1-2H3/b19-13-. The molecule has 2 aliphatic heterocycles. The lowest BCUT2D eigenvalue weighted by molar-refractivity contribution is -0.124. The summed E-state index contributed by atoms with van der Waals surface area (Å²) in [5, 5.41) is 9.67. The van der Waals surface area contributed by atoms with Crippen molar-refractivity contribution in [3.05, 3.63) is 31.9 Å². The molecule has 164 valence electrons. The van der Waals surface area contributed by atoms with Gasteiger partial charge in [-0.3, -0.25) is 19.1 Å². The monoisotopic (exact) mass is 456 g/mol. The molecule has 1 aromatic heterocycles. The molecule has 8 heteroatoms. The lowest BCUT2D eigenvalue weighted by Gasteiger charge is -2.30. The third-order valence-corrected chi connectivity index (χ3v) is 7.94. The van der Waals surface area contributed by atoms with Gasteiger partial charge in [-0.15, -0.1) is 0 Å². The molecule has 1 aliphatic carbocycles. The number of carbonyl (C=O) groups is 1. The van der Waals surface area contributed by atoms with Crippen molar-refractivity contribution in [3.63, 3.8) is 0 Å². The van der Waals surface area contributed by atoms with E-state index in [1.54, 1.807) is 9.47 Å². The first kappa shape index (κ1) is 22.1. The van der Waals surface area contributed by atoms with Crippen molar-refractivity contribution < 1.29 is 4.79 Å². The third-order valence-electron chi connectivity index (χ3n) is 6.61. The van der Waals surface area contributed by atoms with Crippen molar-refractivity contribution in [2.45, 2.75) is 71.4 Å². The molecule has 1 amide bonds. The van der Waals surface area contributed by atoms with Gasteiger partial charge in [0.2, 0.25) is 0 Å². The van der Waals surface area contributed by atoms with Crippen molar-refractivity contribution in [2.75, 3.05) is 18.0 Å². The van der Waals surface area contributed by atoms with Crippen molar-refractivity contribution in [3.8, 4) is 6.07 Å². The quantitative estimate of drug-likeness (QED) is 0.500. The van der Waals surface area contributed by atoms with E-state index < -0.39 is 0 Å². The van der Waals surface area contributed by atoms with Crippen LogP contribution in [0.4, 0.5) is 5.82 Å². The average Bonchev–Trinajstić information content (AvgIpc) is 3.39. The number of thioether (sulfide) groups is 1. The normalized spacial score (nSPS) is 21.4. The second-order valence-corrected chi connectivity index (χ2v) is 10.1. The van der Waals surface area contributed by atoms with E-state index in [2.05, 4.69) is 11.0 Å². The topological polar surface area (TPSA) is 69.3 Å². The SMILES string of the molecule is CCn1c(N2CCCC2)c(/C=C2\SC(=S)N(C3CCCCC3)C2=O)c(C)c(C#N)c1=O. The van der Waals surface area contributed by atoms with E-state index in [0.717, 1.165) is 63.0 Å². The van der Waals surface area contributed by atoms with Crippen LogP contribution < -0.4 is 10.5 Å². The predicted molar refractivity (Wildman–Crippen MR) is 129 cm³/mol. The Kier molecular flexibility index (Phi) is 6.54. The van der Waals surface area contributed by atoms with Crippen molar-refractivity contribution >= 4 is 46.1 Å². The molecule has 0 unspecified atom stereocenters. The number of carbonyl (C=O) groups excluding carboxylic acids is 1. The van der Waals surface area contributed by atoms with Crippen LogP contribution in [0.15, 0.2) is 9.70 Å². The molecule has 0 bridgehead atoms. The fourth-order valence-electron chi connectivity index (χ4n) is 4.97. The molecule has 2 saturated heterocycles. The second-order valence-electron chi connectivity index (χ2n) is 8.44. The zero-order valence-corrected chi connectivity index (χ0v) is 19.8. The van der Waals surface area contributed by atoms with Crippen LogP contribution in [0.3, 0.4) is 0 Å². The van der Waals surface area contributed by atoms with Crippen LogP contribution in [0, 0.1) is 18.3 Å². The number of nitriles is 1. The Bertz CT molecular complexity index is 1040. The van der Waals surface area contributed by atoms with E-state index in [9.17, 15) is 14.9 Å². The van der Waals surface area contributed by atoms with Crippen molar-refractivity contribution in [1.82, 2.24) is 9.47 Å². The molecule has 0 N–H and O–H groups in total. The number of thiocarbonyl (C=S) groups is 1. The molecule has 3 fully saturated rings. The van der Waals surface area contributed by atoms with Gasteiger partial charge in [-0.1, -0.05) is 43.2 Å². The first-order valence-electron chi connectivity index (χ1n) is 11.2. The van der Waals surface area contributed by atoms with E-state index in [-0.39, 0.29) is 23.1 Å². The molecule has 0 aromatic carbocycles. The number of hydrogen-bond acceptors (Lipinski definition) is 6. The maximum atomic E-state index is 13.3. The molecule has 3 heterocycles. The van der Waals surface area contributed by atoms with Crippen LogP contribution in [-0.2, 0) is 11.3 Å². The van der Waals surface area contributed by atoms with Crippen LogP contribution in [0.1, 0.15) is 68.6 Å². The summed E-state index contributed by atoms with van der Waals surface area (Å²) in [5.74, 6) is 0.783. The predicted octanol–water partition coefficient (Wildman–Crippen LogP) is 4.18. The Morgan fingerprint density at radius 1 is 1.16 bits per heavy atom. The molecule has 6 nitrogen and oxygen atoms in total. The number of anilines is 1. The van der Waals surface area contributed by atoms with E-state index in [4.69, 9.17) is 12.2 Å². The van der Waals surface area contributed by atoms with Gasteiger partial charge in [0.25, 0.3) is 11.5 Å². The Labute approximate surface area is 192 Å². The van der Waals surface area contributed by atoms with E-state index in [0.29, 0.717) is 21.3 Å². The van der Waals surface area contributed by atoms with Crippen LogP contribution in [0.2, 0.25) is 0 Å². The van der Waals surface area contributed by atoms with Crippen LogP contribution in [0.5, 0.6) is 0 Å². The molecule has 1 saturated carbocycles. The summed E-state index contributed by atoms with van der Waals surface area (Å²) in [6, 6.07) is 2.28. The molecule has 3 aliphatic rings. The maximum absolute atomic E-state index is 13.3. The second kappa shape index (κ2) is 9.17. The highest BCUT2D eigenvalue weighted by Gasteiger charge is 2.38. The summed E-state index contributed by atoms with van der Waals surface area (Å²) >= 11 is 6.93. The lowest BCUT2D eigenvalue weighted by Crippen LogP contribution is -2.39. The Hall–Kier alpha value is -2.11. The van der Waals surface area contributed by atoms with Crippen molar-refractivity contribution in [1.29, 1.82) is 5.26 Å². The van der Waals surface area contributed by atoms with Gasteiger partial charge >= 0.3 is 0 Å². The largest absolute Gasteiger partial charge is 0.357 e. The Morgan fingerprint density at radius 3 is 2.45 bits per heavy atom. The number of amides is 1. The minimum atomic E-state index is -0.253. The average molecular weight is 457 g/mol. The zero-order chi connectivity index (χ0) is 22.1. The zero-order valence-electron chi connectivity index (χ0n) is 18.1.